The number of benzene rings is 2. The van der Waals surface area contributed by atoms with E-state index in [4.69, 9.17) is 21.1 Å². The molecule has 1 heterocycles. The molecule has 2 nitrogen and oxygen atoms in total. The highest BCUT2D eigenvalue weighted by atomic mass is 35.5. The summed E-state index contributed by atoms with van der Waals surface area (Å²) < 4.78 is 11.3. The first-order valence-electron chi connectivity index (χ1n) is 6.82. The van der Waals surface area contributed by atoms with Gasteiger partial charge in [-0.3, -0.25) is 0 Å². The van der Waals surface area contributed by atoms with Crippen molar-refractivity contribution >= 4 is 11.6 Å². The van der Waals surface area contributed by atoms with E-state index in [1.807, 2.05) is 18.2 Å². The van der Waals surface area contributed by atoms with Crippen molar-refractivity contribution in [2.75, 3.05) is 13.2 Å². The van der Waals surface area contributed by atoms with Gasteiger partial charge in [0.2, 0.25) is 0 Å². The first-order chi connectivity index (χ1) is 9.74. The van der Waals surface area contributed by atoms with E-state index in [-0.39, 0.29) is 5.38 Å². The number of alkyl halides is 1. The van der Waals surface area contributed by atoms with Crippen LogP contribution in [0.1, 0.15) is 22.1 Å². The maximum Gasteiger partial charge on any atom is 0.166 e. The first kappa shape index (κ1) is 13.3. The zero-order valence-electron chi connectivity index (χ0n) is 11.4. The standard InChI is InChI=1S/C17H17ClO2/c1-12-4-2-5-13(10-12)11-15(18)14-6-3-7-16-17(14)20-9-8-19-16/h2-7,10,15H,8-9,11H2,1H3. The zero-order valence-corrected chi connectivity index (χ0v) is 12.2. The number of hydrogen-bond acceptors (Lipinski definition) is 2. The summed E-state index contributed by atoms with van der Waals surface area (Å²) in [6.45, 7) is 3.27. The molecule has 104 valence electrons. The third-order valence-electron chi connectivity index (χ3n) is 3.43. The van der Waals surface area contributed by atoms with Gasteiger partial charge in [-0.15, -0.1) is 11.6 Å². The maximum absolute atomic E-state index is 6.59. The number of hydrogen-bond donors (Lipinski definition) is 0. The fourth-order valence-electron chi connectivity index (χ4n) is 2.50. The molecular weight excluding hydrogens is 272 g/mol. The average Bonchev–Trinajstić information content (AvgIpc) is 2.46. The van der Waals surface area contributed by atoms with Crippen LogP contribution in [0.4, 0.5) is 0 Å². The normalized spacial score (nSPS) is 14.9. The number of aryl methyl sites for hydroxylation is 1. The monoisotopic (exact) mass is 288 g/mol. The number of fused-ring (bicyclic) bond motifs is 1. The van der Waals surface area contributed by atoms with Crippen LogP contribution in [0.15, 0.2) is 42.5 Å². The van der Waals surface area contributed by atoms with Crippen molar-refractivity contribution in [2.45, 2.75) is 18.7 Å². The van der Waals surface area contributed by atoms with Gasteiger partial charge >= 0.3 is 0 Å². The van der Waals surface area contributed by atoms with Crippen molar-refractivity contribution in [3.63, 3.8) is 0 Å². The van der Waals surface area contributed by atoms with Crippen LogP contribution in [-0.2, 0) is 6.42 Å². The lowest BCUT2D eigenvalue weighted by Gasteiger charge is -2.23. The average molecular weight is 289 g/mol. The summed E-state index contributed by atoms with van der Waals surface area (Å²) in [5.74, 6) is 1.59. The van der Waals surface area contributed by atoms with E-state index in [2.05, 4.69) is 31.2 Å². The molecule has 2 aromatic rings. The molecule has 0 saturated heterocycles. The van der Waals surface area contributed by atoms with Gasteiger partial charge in [0.15, 0.2) is 11.5 Å². The second-order valence-electron chi connectivity index (χ2n) is 5.03. The van der Waals surface area contributed by atoms with Gasteiger partial charge in [0.25, 0.3) is 0 Å². The highest BCUT2D eigenvalue weighted by Gasteiger charge is 2.20. The molecule has 1 atom stereocenters. The van der Waals surface area contributed by atoms with E-state index >= 15 is 0 Å². The Balaban J connectivity index is 1.85. The summed E-state index contributed by atoms with van der Waals surface area (Å²) in [6.07, 6.45) is 0.781. The maximum atomic E-state index is 6.59. The van der Waals surface area contributed by atoms with Gasteiger partial charge in [0.05, 0.1) is 5.38 Å². The number of rotatable bonds is 3. The largest absolute Gasteiger partial charge is 0.486 e. The third kappa shape index (κ3) is 2.75. The van der Waals surface area contributed by atoms with E-state index in [9.17, 15) is 0 Å². The summed E-state index contributed by atoms with van der Waals surface area (Å²) in [7, 11) is 0. The number of ether oxygens (including phenoxy) is 2. The van der Waals surface area contributed by atoms with Crippen molar-refractivity contribution < 1.29 is 9.47 Å². The lowest BCUT2D eigenvalue weighted by molar-refractivity contribution is 0.170. The van der Waals surface area contributed by atoms with Gasteiger partial charge in [-0.25, -0.2) is 0 Å². The minimum absolute atomic E-state index is 0.117. The molecule has 3 heteroatoms. The predicted octanol–water partition coefficient (Wildman–Crippen LogP) is 4.29. The number of para-hydroxylation sites is 1. The molecule has 0 radical (unpaired) electrons. The van der Waals surface area contributed by atoms with Gasteiger partial charge in [0, 0.05) is 5.56 Å². The molecule has 0 bridgehead atoms. The summed E-state index contributed by atoms with van der Waals surface area (Å²) in [5, 5.41) is -0.117. The second kappa shape index (κ2) is 5.76. The summed E-state index contributed by atoms with van der Waals surface area (Å²) >= 11 is 6.59. The molecule has 0 saturated carbocycles. The Morgan fingerprint density at radius 1 is 1.10 bits per heavy atom. The molecule has 0 spiro atoms. The number of halogens is 1. The Morgan fingerprint density at radius 2 is 1.90 bits per heavy atom. The minimum Gasteiger partial charge on any atom is -0.486 e. The quantitative estimate of drug-likeness (QED) is 0.785. The zero-order chi connectivity index (χ0) is 13.9. The predicted molar refractivity (Wildman–Crippen MR) is 80.9 cm³/mol. The Kier molecular flexibility index (Phi) is 3.83. The molecule has 20 heavy (non-hydrogen) atoms. The molecule has 2 aromatic carbocycles. The fraction of sp³-hybridized carbons (Fsp3) is 0.294. The molecule has 0 aliphatic carbocycles. The molecule has 1 aliphatic rings. The van der Waals surface area contributed by atoms with Gasteiger partial charge in [-0.2, -0.15) is 0 Å². The highest BCUT2D eigenvalue weighted by Crippen LogP contribution is 2.40. The smallest absolute Gasteiger partial charge is 0.166 e. The Bertz CT molecular complexity index is 610. The van der Waals surface area contributed by atoms with Crippen LogP contribution in [0.3, 0.4) is 0 Å². The Labute approximate surface area is 124 Å². The molecule has 1 unspecified atom stereocenters. The molecule has 0 fully saturated rings. The molecule has 0 N–H and O–H groups in total. The van der Waals surface area contributed by atoms with Crippen molar-refractivity contribution in [2.24, 2.45) is 0 Å². The fourth-order valence-corrected chi connectivity index (χ4v) is 2.85. The van der Waals surface area contributed by atoms with E-state index in [1.54, 1.807) is 0 Å². The minimum atomic E-state index is -0.117. The Morgan fingerprint density at radius 3 is 2.75 bits per heavy atom. The van der Waals surface area contributed by atoms with E-state index < -0.39 is 0 Å². The van der Waals surface area contributed by atoms with Gasteiger partial charge < -0.3 is 9.47 Å². The summed E-state index contributed by atoms with van der Waals surface area (Å²) in [5.41, 5.74) is 3.49. The molecule has 0 aromatic heterocycles. The Hall–Kier alpha value is -1.67. The van der Waals surface area contributed by atoms with Crippen molar-refractivity contribution in [3.8, 4) is 11.5 Å². The lowest BCUT2D eigenvalue weighted by Crippen LogP contribution is -2.17. The van der Waals surface area contributed by atoms with Gasteiger partial charge in [0.1, 0.15) is 13.2 Å². The summed E-state index contributed by atoms with van der Waals surface area (Å²) in [6, 6.07) is 14.3. The van der Waals surface area contributed by atoms with E-state index in [0.29, 0.717) is 13.2 Å². The van der Waals surface area contributed by atoms with Crippen molar-refractivity contribution in [1.29, 1.82) is 0 Å². The van der Waals surface area contributed by atoms with Crippen molar-refractivity contribution in [1.82, 2.24) is 0 Å². The van der Waals surface area contributed by atoms with Gasteiger partial charge in [-0.05, 0) is 25.0 Å². The molecule has 1 aliphatic heterocycles. The van der Waals surface area contributed by atoms with E-state index in [0.717, 1.165) is 23.5 Å². The third-order valence-corrected chi connectivity index (χ3v) is 3.82. The first-order valence-corrected chi connectivity index (χ1v) is 7.26. The lowest BCUT2D eigenvalue weighted by atomic mass is 10.0. The van der Waals surface area contributed by atoms with Crippen molar-refractivity contribution in [3.05, 3.63) is 59.2 Å². The van der Waals surface area contributed by atoms with E-state index in [1.165, 1.54) is 11.1 Å². The van der Waals surface area contributed by atoms with Crippen LogP contribution >= 0.6 is 11.6 Å². The van der Waals surface area contributed by atoms with Crippen LogP contribution in [0, 0.1) is 6.92 Å². The SMILES string of the molecule is Cc1cccc(CC(Cl)c2cccc3c2OCCO3)c1. The van der Waals surface area contributed by atoms with Crippen LogP contribution in [0.25, 0.3) is 0 Å². The van der Waals surface area contributed by atoms with Gasteiger partial charge in [-0.1, -0.05) is 42.0 Å². The second-order valence-corrected chi connectivity index (χ2v) is 5.56. The van der Waals surface area contributed by atoms with Crippen LogP contribution in [-0.4, -0.2) is 13.2 Å². The highest BCUT2D eigenvalue weighted by molar-refractivity contribution is 6.21. The molecular formula is C17H17ClO2. The van der Waals surface area contributed by atoms with Crippen LogP contribution in [0.2, 0.25) is 0 Å². The summed E-state index contributed by atoms with van der Waals surface area (Å²) in [4.78, 5) is 0. The molecule has 0 amide bonds. The topological polar surface area (TPSA) is 18.5 Å². The van der Waals surface area contributed by atoms with Crippen LogP contribution in [0.5, 0.6) is 11.5 Å². The van der Waals surface area contributed by atoms with Crippen LogP contribution < -0.4 is 9.47 Å². The molecule has 3 rings (SSSR count).